The number of esters is 2. The summed E-state index contributed by atoms with van der Waals surface area (Å²) in [7, 11) is 0. The minimum absolute atomic E-state index is 0.174. The fourth-order valence-corrected chi connectivity index (χ4v) is 6.20. The fourth-order valence-electron chi connectivity index (χ4n) is 6.20. The molecule has 1 fully saturated rings. The van der Waals surface area contributed by atoms with E-state index in [-0.39, 0.29) is 23.7 Å². The first-order valence-corrected chi connectivity index (χ1v) is 18.3. The molecule has 7 heteroatoms. The van der Waals surface area contributed by atoms with Crippen LogP contribution in [0.25, 0.3) is 0 Å². The van der Waals surface area contributed by atoms with Gasteiger partial charge in [-0.2, -0.15) is 5.26 Å². The molecule has 3 rings (SSSR count). The van der Waals surface area contributed by atoms with E-state index in [1.54, 1.807) is 30.3 Å². The molecular formula is C40H56FNO5. The first-order chi connectivity index (χ1) is 22.9. The number of carbonyl (C=O) groups is 2. The summed E-state index contributed by atoms with van der Waals surface area (Å²) in [6.45, 7) is 4.81. The van der Waals surface area contributed by atoms with E-state index in [1.165, 1.54) is 51.4 Å². The van der Waals surface area contributed by atoms with Crippen molar-refractivity contribution in [1.29, 1.82) is 5.26 Å². The minimum atomic E-state index is -1.51. The smallest absolute Gasteiger partial charge is 0.344 e. The quantitative estimate of drug-likeness (QED) is 0.0717. The summed E-state index contributed by atoms with van der Waals surface area (Å²) < 4.78 is 30.8. The van der Waals surface area contributed by atoms with Crippen molar-refractivity contribution in [2.24, 2.45) is 5.92 Å². The van der Waals surface area contributed by atoms with E-state index in [1.807, 2.05) is 19.1 Å². The van der Waals surface area contributed by atoms with Crippen molar-refractivity contribution in [3.8, 4) is 17.6 Å². The van der Waals surface area contributed by atoms with Crippen LogP contribution in [0.2, 0.25) is 0 Å². The number of carbonyl (C=O) groups excluding carboxylic acids is 2. The van der Waals surface area contributed by atoms with E-state index in [9.17, 15) is 19.2 Å². The van der Waals surface area contributed by atoms with E-state index in [2.05, 4.69) is 13.0 Å². The maximum absolute atomic E-state index is 13.9. The van der Waals surface area contributed by atoms with Gasteiger partial charge in [-0.3, -0.25) is 0 Å². The van der Waals surface area contributed by atoms with E-state index < -0.39 is 18.1 Å². The zero-order valence-electron chi connectivity index (χ0n) is 28.8. The molecule has 0 unspecified atom stereocenters. The summed E-state index contributed by atoms with van der Waals surface area (Å²) in [6, 6.07) is 14.5. The maximum Gasteiger partial charge on any atom is 0.344 e. The molecule has 47 heavy (non-hydrogen) atoms. The first-order valence-electron chi connectivity index (χ1n) is 18.3. The molecule has 258 valence electrons. The number of benzene rings is 2. The van der Waals surface area contributed by atoms with Crippen LogP contribution in [0.3, 0.4) is 0 Å². The van der Waals surface area contributed by atoms with Crippen LogP contribution in [0.4, 0.5) is 4.39 Å². The molecule has 0 aliphatic heterocycles. The number of hydrogen-bond donors (Lipinski definition) is 0. The lowest BCUT2D eigenvalue weighted by Crippen LogP contribution is -2.29. The van der Waals surface area contributed by atoms with E-state index >= 15 is 0 Å². The van der Waals surface area contributed by atoms with Crippen LogP contribution in [-0.2, 0) is 16.0 Å². The number of halogens is 1. The lowest BCUT2D eigenvalue weighted by atomic mass is 9.83. The molecule has 1 aliphatic rings. The number of nitriles is 1. The number of rotatable bonds is 22. The van der Waals surface area contributed by atoms with Crippen molar-refractivity contribution in [2.75, 3.05) is 6.61 Å². The molecule has 0 aromatic heterocycles. The lowest BCUT2D eigenvalue weighted by Gasteiger charge is -2.28. The minimum Gasteiger partial charge on any atom is -0.494 e. The molecule has 0 spiro atoms. The lowest BCUT2D eigenvalue weighted by molar-refractivity contribution is -0.157. The molecule has 1 aliphatic carbocycles. The Morgan fingerprint density at radius 1 is 0.830 bits per heavy atom. The molecule has 0 heterocycles. The van der Waals surface area contributed by atoms with E-state index in [0.717, 1.165) is 63.4 Å². The maximum atomic E-state index is 13.9. The second-order valence-electron chi connectivity index (χ2n) is 13.1. The van der Waals surface area contributed by atoms with Crippen molar-refractivity contribution < 1.29 is 28.2 Å². The molecule has 0 radical (unpaired) electrons. The van der Waals surface area contributed by atoms with E-state index in [0.29, 0.717) is 30.4 Å². The molecule has 0 saturated heterocycles. The largest absolute Gasteiger partial charge is 0.494 e. The molecule has 2 aromatic carbocycles. The molecule has 1 saturated carbocycles. The highest BCUT2D eigenvalue weighted by Crippen LogP contribution is 2.30. The van der Waals surface area contributed by atoms with Gasteiger partial charge in [0.25, 0.3) is 0 Å². The van der Waals surface area contributed by atoms with Gasteiger partial charge in [0, 0.05) is 0 Å². The summed E-state index contributed by atoms with van der Waals surface area (Å²) in [6.07, 6.45) is 18.1. The van der Waals surface area contributed by atoms with Gasteiger partial charge in [-0.05, 0) is 93.2 Å². The molecule has 1 atom stereocenters. The average molecular weight is 650 g/mol. The van der Waals surface area contributed by atoms with Gasteiger partial charge >= 0.3 is 11.9 Å². The van der Waals surface area contributed by atoms with Gasteiger partial charge in [0.1, 0.15) is 23.7 Å². The third-order valence-corrected chi connectivity index (χ3v) is 9.22. The predicted molar refractivity (Wildman–Crippen MR) is 184 cm³/mol. The van der Waals surface area contributed by atoms with Gasteiger partial charge in [-0.1, -0.05) is 96.6 Å². The van der Waals surface area contributed by atoms with Gasteiger partial charge in [0.2, 0.25) is 0 Å². The molecule has 0 bridgehead atoms. The van der Waals surface area contributed by atoms with Crippen LogP contribution >= 0.6 is 0 Å². The highest BCUT2D eigenvalue weighted by atomic mass is 19.1. The topological polar surface area (TPSA) is 85.6 Å². The van der Waals surface area contributed by atoms with Crippen molar-refractivity contribution in [3.63, 3.8) is 0 Å². The Bertz CT molecular complexity index is 1230. The van der Waals surface area contributed by atoms with Gasteiger partial charge in [0.05, 0.1) is 17.7 Å². The third-order valence-electron chi connectivity index (χ3n) is 9.22. The molecule has 0 amide bonds. The summed E-state index contributed by atoms with van der Waals surface area (Å²) in [5.41, 5.74) is 1.60. The Morgan fingerprint density at radius 3 is 2.09 bits per heavy atom. The number of unbranched alkanes of at least 4 members (excludes halogenated alkanes) is 10. The Hall–Kier alpha value is -3.40. The van der Waals surface area contributed by atoms with Crippen LogP contribution in [0, 0.1) is 17.2 Å². The molecule has 0 N–H and O–H groups in total. The van der Waals surface area contributed by atoms with Crippen LogP contribution in [0.1, 0.15) is 151 Å². The third kappa shape index (κ3) is 14.5. The predicted octanol–water partition coefficient (Wildman–Crippen LogP) is 10.6. The SMILES string of the molecule is CCCCCCCCCCCCOc1ccc(C(=O)Oc2ccc(CC[C@H]3CC[C@H](OC(=O)[C@H](F)CCCC)CC3)cc2)c(C#N)c1. The van der Waals surface area contributed by atoms with Crippen LogP contribution in [0.5, 0.6) is 11.5 Å². The van der Waals surface area contributed by atoms with Crippen molar-refractivity contribution in [2.45, 2.75) is 148 Å². The second-order valence-corrected chi connectivity index (χ2v) is 13.1. The summed E-state index contributed by atoms with van der Waals surface area (Å²) in [5.74, 6) is 0.278. The molecule has 2 aromatic rings. The van der Waals surface area contributed by atoms with Crippen molar-refractivity contribution >= 4 is 11.9 Å². The number of alkyl halides is 1. The Labute approximate surface area is 282 Å². The molecular weight excluding hydrogens is 593 g/mol. The number of hydrogen-bond acceptors (Lipinski definition) is 6. The van der Waals surface area contributed by atoms with Crippen molar-refractivity contribution in [1.82, 2.24) is 0 Å². The fraction of sp³-hybridized carbons (Fsp3) is 0.625. The normalized spacial score (nSPS) is 16.6. The zero-order chi connectivity index (χ0) is 33.7. The van der Waals surface area contributed by atoms with E-state index in [4.69, 9.17) is 14.2 Å². The Morgan fingerprint density at radius 2 is 1.45 bits per heavy atom. The monoisotopic (exact) mass is 649 g/mol. The van der Waals surface area contributed by atoms with Crippen molar-refractivity contribution in [3.05, 3.63) is 59.2 Å². The van der Waals surface area contributed by atoms with Gasteiger partial charge in [0.15, 0.2) is 6.17 Å². The van der Waals surface area contributed by atoms with Crippen LogP contribution < -0.4 is 9.47 Å². The number of aryl methyl sites for hydroxylation is 1. The highest BCUT2D eigenvalue weighted by Gasteiger charge is 2.27. The Balaban J connectivity index is 1.34. The second kappa shape index (κ2) is 22.2. The van der Waals surface area contributed by atoms with Gasteiger partial charge in [-0.25, -0.2) is 14.0 Å². The summed E-state index contributed by atoms with van der Waals surface area (Å²) >= 11 is 0. The van der Waals surface area contributed by atoms with Crippen LogP contribution in [-0.4, -0.2) is 30.8 Å². The number of nitrogens with zero attached hydrogens (tertiary/aromatic N) is 1. The van der Waals surface area contributed by atoms with Crippen LogP contribution in [0.15, 0.2) is 42.5 Å². The molecule has 6 nitrogen and oxygen atoms in total. The standard InChI is InChI=1S/C40H56FNO5/c1-3-5-7-8-9-10-11-12-13-14-28-45-36-26-27-37(33(29-36)30-42)39(43)46-34-22-18-31(19-23-34)16-17-32-20-24-35(25-21-32)47-40(44)38(41)15-6-4-2/h18-19,22-23,26-27,29,32,35,38H,3-17,20-21,24-25,28H2,1-2H3/t32-,35-,38-/m1/s1. The first kappa shape index (κ1) is 38.1. The highest BCUT2D eigenvalue weighted by molar-refractivity contribution is 5.94. The number of ether oxygens (including phenoxy) is 3. The average Bonchev–Trinajstić information content (AvgIpc) is 3.09. The Kier molecular flexibility index (Phi) is 18.0. The summed E-state index contributed by atoms with van der Waals surface area (Å²) in [5, 5.41) is 9.67. The van der Waals surface area contributed by atoms with Gasteiger partial charge in [-0.15, -0.1) is 0 Å². The zero-order valence-corrected chi connectivity index (χ0v) is 28.8. The van der Waals surface area contributed by atoms with Gasteiger partial charge < -0.3 is 14.2 Å². The summed E-state index contributed by atoms with van der Waals surface area (Å²) in [4.78, 5) is 24.9.